The maximum atomic E-state index is 13.9. The Kier molecular flexibility index (Phi) is 6.26. The quantitative estimate of drug-likeness (QED) is 0.389. The van der Waals surface area contributed by atoms with E-state index in [-0.39, 0.29) is 23.5 Å². The topological polar surface area (TPSA) is 57.8 Å². The summed E-state index contributed by atoms with van der Waals surface area (Å²) in [5, 5.41) is 2.89. The molecule has 1 atom stereocenters. The highest BCUT2D eigenvalue weighted by Crippen LogP contribution is 2.59. The van der Waals surface area contributed by atoms with Crippen LogP contribution in [0.1, 0.15) is 36.2 Å². The second-order valence-corrected chi connectivity index (χ2v) is 7.95. The first-order valence-corrected chi connectivity index (χ1v) is 10.5. The lowest BCUT2D eigenvalue weighted by atomic mass is 9.85. The number of benzene rings is 2. The van der Waals surface area contributed by atoms with Gasteiger partial charge in [-0.05, 0) is 66.6 Å². The molecular weight excluding hydrogens is 396 g/mol. The molecule has 3 aromatic rings. The van der Waals surface area contributed by atoms with E-state index in [9.17, 15) is 13.6 Å². The Labute approximate surface area is 180 Å². The Morgan fingerprint density at radius 3 is 2.45 bits per heavy atom. The molecule has 0 radical (unpaired) electrons. The van der Waals surface area contributed by atoms with Crippen molar-refractivity contribution in [2.24, 2.45) is 5.92 Å². The molecule has 4 rings (SSSR count). The number of hydrogen-bond acceptors (Lipinski definition) is 2. The molecule has 0 unspecified atom stereocenters. The van der Waals surface area contributed by atoms with Crippen LogP contribution in [-0.2, 0) is 16.6 Å². The van der Waals surface area contributed by atoms with Crippen LogP contribution in [-0.4, -0.2) is 22.4 Å². The SMILES string of the molecule is O=C(/C=C/[C@@H]1CC1(c1cccc(F)c1)c1cccc(F)c1)NCCCCc1ncc[nH]1. The summed E-state index contributed by atoms with van der Waals surface area (Å²) in [4.78, 5) is 19.5. The summed E-state index contributed by atoms with van der Waals surface area (Å²) in [7, 11) is 0. The van der Waals surface area contributed by atoms with Crippen molar-refractivity contribution in [3.05, 3.63) is 102 Å². The van der Waals surface area contributed by atoms with Crippen molar-refractivity contribution in [2.75, 3.05) is 6.54 Å². The predicted octanol–water partition coefficient (Wildman–Crippen LogP) is 4.69. The molecule has 31 heavy (non-hydrogen) atoms. The Morgan fingerprint density at radius 1 is 1.13 bits per heavy atom. The zero-order valence-corrected chi connectivity index (χ0v) is 17.2. The van der Waals surface area contributed by atoms with E-state index in [4.69, 9.17) is 0 Å². The number of aryl methyl sites for hydroxylation is 1. The van der Waals surface area contributed by atoms with E-state index < -0.39 is 5.41 Å². The molecule has 1 aliphatic carbocycles. The third-order valence-corrected chi connectivity index (χ3v) is 5.87. The number of aromatic nitrogens is 2. The Bertz CT molecular complexity index is 1020. The Balaban J connectivity index is 1.37. The van der Waals surface area contributed by atoms with Crippen LogP contribution in [0.4, 0.5) is 8.78 Å². The summed E-state index contributed by atoms with van der Waals surface area (Å²) in [5.74, 6) is 0.148. The van der Waals surface area contributed by atoms with Gasteiger partial charge in [0.1, 0.15) is 17.5 Å². The Hall–Kier alpha value is -3.28. The van der Waals surface area contributed by atoms with Gasteiger partial charge >= 0.3 is 0 Å². The number of carbonyl (C=O) groups excluding carboxylic acids is 1. The number of rotatable bonds is 9. The number of H-pyrrole nitrogens is 1. The van der Waals surface area contributed by atoms with Gasteiger partial charge in [-0.3, -0.25) is 4.79 Å². The second kappa shape index (κ2) is 9.25. The van der Waals surface area contributed by atoms with Crippen molar-refractivity contribution >= 4 is 5.91 Å². The highest BCUT2D eigenvalue weighted by molar-refractivity contribution is 5.87. The lowest BCUT2D eigenvalue weighted by Crippen LogP contribution is -2.22. The molecule has 1 saturated carbocycles. The number of nitrogens with one attached hydrogen (secondary N) is 2. The maximum Gasteiger partial charge on any atom is 0.243 e. The smallest absolute Gasteiger partial charge is 0.243 e. The van der Waals surface area contributed by atoms with Crippen molar-refractivity contribution in [1.29, 1.82) is 0 Å². The van der Waals surface area contributed by atoms with Crippen LogP contribution in [0.15, 0.2) is 73.1 Å². The fourth-order valence-corrected chi connectivity index (χ4v) is 4.21. The third kappa shape index (κ3) is 4.90. The van der Waals surface area contributed by atoms with Gasteiger partial charge in [0.2, 0.25) is 5.91 Å². The molecule has 160 valence electrons. The summed E-state index contributed by atoms with van der Waals surface area (Å²) >= 11 is 0. The van der Waals surface area contributed by atoms with Gasteiger partial charge in [0, 0.05) is 30.8 Å². The standard InChI is InChI=1S/C25H25F2N3O/c26-21-7-3-5-18(15-21)25(19-6-4-8-22(27)16-19)17-20(25)10-11-24(31)30-12-2-1-9-23-28-13-14-29-23/h3-8,10-11,13-16,20H,1-2,9,12,17H2,(H,28,29)(H,30,31)/b11-10+/t20-/m1/s1. The average molecular weight is 421 g/mol. The Morgan fingerprint density at radius 2 is 1.84 bits per heavy atom. The summed E-state index contributed by atoms with van der Waals surface area (Å²) < 4.78 is 27.8. The normalized spacial score (nSPS) is 17.0. The maximum absolute atomic E-state index is 13.9. The molecule has 1 amide bonds. The molecule has 2 aromatic carbocycles. The molecule has 0 spiro atoms. The number of carbonyl (C=O) groups is 1. The van der Waals surface area contributed by atoms with Gasteiger partial charge in [0.25, 0.3) is 0 Å². The monoisotopic (exact) mass is 421 g/mol. The first kappa shape index (κ1) is 21.0. The number of aromatic amines is 1. The number of unbranched alkanes of at least 4 members (excludes halogenated alkanes) is 1. The highest BCUT2D eigenvalue weighted by Gasteiger charge is 2.55. The number of halogens is 2. The van der Waals surface area contributed by atoms with Crippen LogP contribution in [0.2, 0.25) is 0 Å². The van der Waals surface area contributed by atoms with Gasteiger partial charge in [-0.1, -0.05) is 30.3 Å². The van der Waals surface area contributed by atoms with E-state index in [2.05, 4.69) is 15.3 Å². The van der Waals surface area contributed by atoms with Crippen LogP contribution in [0, 0.1) is 17.6 Å². The van der Waals surface area contributed by atoms with Crippen LogP contribution in [0.5, 0.6) is 0 Å². The first-order chi connectivity index (χ1) is 15.1. The van der Waals surface area contributed by atoms with Gasteiger partial charge in [-0.15, -0.1) is 0 Å². The number of hydrogen-bond donors (Lipinski definition) is 2. The minimum Gasteiger partial charge on any atom is -0.353 e. The fourth-order valence-electron chi connectivity index (χ4n) is 4.21. The van der Waals surface area contributed by atoms with E-state index in [1.54, 1.807) is 24.5 Å². The molecule has 1 aromatic heterocycles. The molecule has 0 aliphatic heterocycles. The minimum absolute atomic E-state index is 0.000743. The number of imidazole rings is 1. The van der Waals surface area contributed by atoms with Gasteiger partial charge in [-0.2, -0.15) is 0 Å². The molecule has 1 aliphatic rings. The molecule has 4 nitrogen and oxygen atoms in total. The van der Waals surface area contributed by atoms with E-state index in [0.29, 0.717) is 13.0 Å². The average Bonchev–Trinajstić information content (AvgIpc) is 3.27. The number of amides is 1. The lowest BCUT2D eigenvalue weighted by molar-refractivity contribution is -0.116. The number of allylic oxidation sites excluding steroid dienone is 1. The van der Waals surface area contributed by atoms with Crippen LogP contribution in [0.25, 0.3) is 0 Å². The highest BCUT2D eigenvalue weighted by atomic mass is 19.1. The van der Waals surface area contributed by atoms with Gasteiger partial charge in [0.05, 0.1) is 0 Å². The molecular formula is C25H25F2N3O. The zero-order chi connectivity index (χ0) is 21.7. The fraction of sp³-hybridized carbons (Fsp3) is 0.280. The van der Waals surface area contributed by atoms with Gasteiger partial charge in [0.15, 0.2) is 0 Å². The van der Waals surface area contributed by atoms with Crippen molar-refractivity contribution in [3.63, 3.8) is 0 Å². The largest absolute Gasteiger partial charge is 0.353 e. The third-order valence-electron chi connectivity index (χ3n) is 5.87. The second-order valence-electron chi connectivity index (χ2n) is 7.95. The van der Waals surface area contributed by atoms with Gasteiger partial charge in [-0.25, -0.2) is 13.8 Å². The summed E-state index contributed by atoms with van der Waals surface area (Å²) in [6.07, 6.45) is 10.3. The lowest BCUT2D eigenvalue weighted by Gasteiger charge is -2.18. The molecule has 0 saturated heterocycles. The molecule has 2 N–H and O–H groups in total. The zero-order valence-electron chi connectivity index (χ0n) is 17.2. The van der Waals surface area contributed by atoms with Crippen molar-refractivity contribution in [1.82, 2.24) is 15.3 Å². The van der Waals surface area contributed by atoms with E-state index in [0.717, 1.165) is 36.2 Å². The van der Waals surface area contributed by atoms with Crippen molar-refractivity contribution in [2.45, 2.75) is 31.1 Å². The predicted molar refractivity (Wildman–Crippen MR) is 115 cm³/mol. The molecule has 1 heterocycles. The van der Waals surface area contributed by atoms with Crippen LogP contribution >= 0.6 is 0 Å². The van der Waals surface area contributed by atoms with Crippen molar-refractivity contribution in [3.8, 4) is 0 Å². The molecule has 6 heteroatoms. The number of nitrogens with zero attached hydrogens (tertiary/aromatic N) is 1. The minimum atomic E-state index is -0.510. The first-order valence-electron chi connectivity index (χ1n) is 10.5. The van der Waals surface area contributed by atoms with E-state index in [1.807, 2.05) is 18.2 Å². The van der Waals surface area contributed by atoms with Crippen molar-refractivity contribution < 1.29 is 13.6 Å². The summed E-state index contributed by atoms with van der Waals surface area (Å²) in [6.45, 7) is 0.591. The van der Waals surface area contributed by atoms with E-state index in [1.165, 1.54) is 30.3 Å². The summed E-state index contributed by atoms with van der Waals surface area (Å²) in [6, 6.07) is 12.8. The van der Waals surface area contributed by atoms with Crippen LogP contribution in [0.3, 0.4) is 0 Å². The van der Waals surface area contributed by atoms with Gasteiger partial charge < -0.3 is 10.3 Å². The molecule has 0 bridgehead atoms. The van der Waals surface area contributed by atoms with Crippen LogP contribution < -0.4 is 5.32 Å². The molecule has 1 fully saturated rings. The van der Waals surface area contributed by atoms with E-state index >= 15 is 0 Å². The summed E-state index contributed by atoms with van der Waals surface area (Å²) in [5.41, 5.74) is 1.08.